The minimum atomic E-state index is -1.21. The van der Waals surface area contributed by atoms with Crippen LogP contribution < -0.4 is 10.5 Å². The summed E-state index contributed by atoms with van der Waals surface area (Å²) in [7, 11) is 0. The van der Waals surface area contributed by atoms with Gasteiger partial charge in [0, 0.05) is 10.6 Å². The van der Waals surface area contributed by atoms with Gasteiger partial charge < -0.3 is 9.90 Å². The molecule has 0 amide bonds. The smallest absolute Gasteiger partial charge is 0.0715 e. The third-order valence-corrected chi connectivity index (χ3v) is 3.34. The molecule has 0 aliphatic carbocycles. The summed E-state index contributed by atoms with van der Waals surface area (Å²) in [6, 6.07) is 11.2. The van der Waals surface area contributed by atoms with E-state index in [0.717, 1.165) is 5.56 Å². The van der Waals surface area contributed by atoms with E-state index in [1.807, 2.05) is 0 Å². The van der Waals surface area contributed by atoms with E-state index in [1.165, 1.54) is 12.1 Å². The van der Waals surface area contributed by atoms with Crippen LogP contribution >= 0.6 is 23.2 Å². The predicted octanol–water partition coefficient (Wildman–Crippen LogP) is 3.19. The van der Waals surface area contributed by atoms with Crippen molar-refractivity contribution in [2.24, 2.45) is 5.10 Å². The highest BCUT2D eigenvalue weighted by molar-refractivity contribution is 6.37. The topological polar surface area (TPSA) is 64.5 Å². The number of aromatic carboxylic acids is 1. The molecular weight excluding hydrogens is 311 g/mol. The van der Waals surface area contributed by atoms with Crippen molar-refractivity contribution in [3.8, 4) is 0 Å². The molecule has 2 rings (SSSR count). The summed E-state index contributed by atoms with van der Waals surface area (Å²) < 4.78 is 0. The molecule has 0 heterocycles. The Morgan fingerprint density at radius 1 is 1.14 bits per heavy atom. The second kappa shape index (κ2) is 6.61. The Bertz CT molecular complexity index is 697. The molecule has 1 N–H and O–H groups in total. The van der Waals surface area contributed by atoms with E-state index in [9.17, 15) is 9.90 Å². The second-order valence-electron chi connectivity index (χ2n) is 4.30. The quantitative estimate of drug-likeness (QED) is 0.694. The number of carboxylic acid groups (broad SMARTS) is 1. The Kier molecular flexibility index (Phi) is 4.83. The number of carbonyl (C=O) groups is 1. The molecule has 0 unspecified atom stereocenters. The van der Waals surface area contributed by atoms with Gasteiger partial charge in [0.15, 0.2) is 0 Å². The molecular formula is C15H11Cl2N2O2-. The molecule has 0 bridgehead atoms. The van der Waals surface area contributed by atoms with E-state index in [-0.39, 0.29) is 5.56 Å². The van der Waals surface area contributed by atoms with Crippen LogP contribution in [0, 0.1) is 0 Å². The maximum Gasteiger partial charge on any atom is 0.0715 e. The normalized spacial score (nSPS) is 11.3. The zero-order valence-electron chi connectivity index (χ0n) is 11.1. The van der Waals surface area contributed by atoms with E-state index in [2.05, 4.69) is 10.5 Å². The average Bonchev–Trinajstić information content (AvgIpc) is 2.45. The van der Waals surface area contributed by atoms with Crippen molar-refractivity contribution in [3.05, 3.63) is 63.6 Å². The number of nitrogens with zero attached hydrogens (tertiary/aromatic N) is 1. The lowest BCUT2D eigenvalue weighted by Gasteiger charge is -2.07. The molecule has 2 aromatic rings. The molecule has 0 aromatic heterocycles. The van der Waals surface area contributed by atoms with Crippen LogP contribution in [0.2, 0.25) is 10.0 Å². The Labute approximate surface area is 132 Å². The first-order valence-electron chi connectivity index (χ1n) is 6.04. The summed E-state index contributed by atoms with van der Waals surface area (Å²) in [5.74, 6) is -1.21. The number of nitrogens with one attached hydrogen (secondary N) is 1. The lowest BCUT2D eigenvalue weighted by atomic mass is 10.1. The van der Waals surface area contributed by atoms with Crippen molar-refractivity contribution in [1.29, 1.82) is 0 Å². The van der Waals surface area contributed by atoms with Crippen LogP contribution in [-0.4, -0.2) is 11.7 Å². The highest BCUT2D eigenvalue weighted by Crippen LogP contribution is 2.21. The molecule has 0 radical (unpaired) electrons. The highest BCUT2D eigenvalue weighted by Gasteiger charge is 2.04. The van der Waals surface area contributed by atoms with Crippen molar-refractivity contribution in [2.75, 3.05) is 5.43 Å². The first kappa shape index (κ1) is 15.4. The number of hydrazone groups is 1. The van der Waals surface area contributed by atoms with Gasteiger partial charge >= 0.3 is 0 Å². The van der Waals surface area contributed by atoms with E-state index < -0.39 is 5.97 Å². The van der Waals surface area contributed by atoms with Crippen molar-refractivity contribution in [2.45, 2.75) is 6.92 Å². The van der Waals surface area contributed by atoms with Gasteiger partial charge in [0.05, 0.1) is 22.4 Å². The third-order valence-electron chi connectivity index (χ3n) is 2.79. The number of hydrogen-bond donors (Lipinski definition) is 1. The Morgan fingerprint density at radius 3 is 2.38 bits per heavy atom. The largest absolute Gasteiger partial charge is 0.545 e. The standard InChI is InChI=1S/C15H12Cl2N2O2/c1-9(13-7-4-11(16)8-14(13)17)18-19-12-5-2-10(3-6-12)15(20)21/h2-8,19H,1H3,(H,20,21)/p-1/b18-9+. The Morgan fingerprint density at radius 2 is 1.81 bits per heavy atom. The molecule has 0 atom stereocenters. The summed E-state index contributed by atoms with van der Waals surface area (Å²) in [6.45, 7) is 1.80. The summed E-state index contributed by atoms with van der Waals surface area (Å²) in [6.07, 6.45) is 0. The number of benzene rings is 2. The Balaban J connectivity index is 2.14. The second-order valence-corrected chi connectivity index (χ2v) is 5.14. The fraction of sp³-hybridized carbons (Fsp3) is 0.0667. The minimum absolute atomic E-state index is 0.113. The summed E-state index contributed by atoms with van der Waals surface area (Å²) in [5, 5.41) is 15.9. The predicted molar refractivity (Wildman–Crippen MR) is 83.1 cm³/mol. The fourth-order valence-electron chi connectivity index (χ4n) is 1.67. The van der Waals surface area contributed by atoms with Gasteiger partial charge in [-0.05, 0) is 36.8 Å². The molecule has 0 aliphatic heterocycles. The fourth-order valence-corrected chi connectivity index (χ4v) is 2.22. The number of rotatable bonds is 4. The molecule has 2 aromatic carbocycles. The van der Waals surface area contributed by atoms with Crippen LogP contribution in [0.15, 0.2) is 47.6 Å². The lowest BCUT2D eigenvalue weighted by Crippen LogP contribution is -2.21. The van der Waals surface area contributed by atoms with E-state index in [1.54, 1.807) is 37.3 Å². The number of carboxylic acids is 1. The summed E-state index contributed by atoms with van der Waals surface area (Å²) in [4.78, 5) is 10.6. The molecule has 4 nitrogen and oxygen atoms in total. The SMILES string of the molecule is C/C(=N\Nc1ccc(C(=O)[O-])cc1)c1ccc(Cl)cc1Cl. The first-order valence-corrected chi connectivity index (χ1v) is 6.80. The highest BCUT2D eigenvalue weighted by atomic mass is 35.5. The zero-order chi connectivity index (χ0) is 15.4. The van der Waals surface area contributed by atoms with Crippen LogP contribution in [0.4, 0.5) is 5.69 Å². The van der Waals surface area contributed by atoms with Crippen LogP contribution in [0.25, 0.3) is 0 Å². The van der Waals surface area contributed by atoms with Crippen LogP contribution in [0.3, 0.4) is 0 Å². The molecule has 0 saturated carbocycles. The van der Waals surface area contributed by atoms with Crippen molar-refractivity contribution in [1.82, 2.24) is 0 Å². The maximum absolute atomic E-state index is 10.6. The molecule has 0 spiro atoms. The van der Waals surface area contributed by atoms with Gasteiger partial charge in [0.1, 0.15) is 0 Å². The number of anilines is 1. The molecule has 0 saturated heterocycles. The summed E-state index contributed by atoms with van der Waals surface area (Å²) >= 11 is 11.9. The first-order chi connectivity index (χ1) is 9.97. The zero-order valence-corrected chi connectivity index (χ0v) is 12.6. The molecule has 21 heavy (non-hydrogen) atoms. The summed E-state index contributed by atoms with van der Waals surface area (Å²) in [5.41, 5.74) is 5.05. The molecule has 0 fully saturated rings. The van der Waals surface area contributed by atoms with Crippen LogP contribution in [-0.2, 0) is 0 Å². The van der Waals surface area contributed by atoms with Gasteiger partial charge in [-0.25, -0.2) is 0 Å². The minimum Gasteiger partial charge on any atom is -0.545 e. The Hall–Kier alpha value is -2.04. The number of carbonyl (C=O) groups excluding carboxylic acids is 1. The molecule has 108 valence electrons. The van der Waals surface area contributed by atoms with Gasteiger partial charge in [0.25, 0.3) is 0 Å². The van der Waals surface area contributed by atoms with Gasteiger partial charge in [-0.3, -0.25) is 5.43 Å². The third kappa shape index (κ3) is 3.97. The van der Waals surface area contributed by atoms with Gasteiger partial charge in [-0.15, -0.1) is 0 Å². The van der Waals surface area contributed by atoms with E-state index >= 15 is 0 Å². The monoisotopic (exact) mass is 321 g/mol. The average molecular weight is 322 g/mol. The lowest BCUT2D eigenvalue weighted by molar-refractivity contribution is -0.255. The van der Waals surface area contributed by atoms with Gasteiger partial charge in [-0.2, -0.15) is 5.10 Å². The van der Waals surface area contributed by atoms with Gasteiger partial charge in [0.2, 0.25) is 0 Å². The van der Waals surface area contributed by atoms with Crippen molar-refractivity contribution >= 4 is 40.6 Å². The van der Waals surface area contributed by atoms with E-state index in [0.29, 0.717) is 21.4 Å². The molecule has 6 heteroatoms. The number of halogens is 2. The van der Waals surface area contributed by atoms with Crippen LogP contribution in [0.5, 0.6) is 0 Å². The van der Waals surface area contributed by atoms with Gasteiger partial charge in [-0.1, -0.05) is 41.4 Å². The van der Waals surface area contributed by atoms with Crippen LogP contribution in [0.1, 0.15) is 22.8 Å². The maximum atomic E-state index is 10.6. The number of hydrogen-bond acceptors (Lipinski definition) is 4. The van der Waals surface area contributed by atoms with Crippen molar-refractivity contribution in [3.63, 3.8) is 0 Å². The van der Waals surface area contributed by atoms with E-state index in [4.69, 9.17) is 23.2 Å². The van der Waals surface area contributed by atoms with Crippen molar-refractivity contribution < 1.29 is 9.90 Å². The molecule has 0 aliphatic rings.